The third-order valence-electron chi connectivity index (χ3n) is 5.05. The van der Waals surface area contributed by atoms with Crippen LogP contribution in [-0.2, 0) is 9.59 Å². The smallest absolute Gasteiger partial charge is 0.259 e. The first kappa shape index (κ1) is 19.2. The molecule has 2 fully saturated rings. The number of likely N-dealkylation sites (tertiary alicyclic amines) is 1. The molecule has 7 heteroatoms. The maximum absolute atomic E-state index is 12.7. The lowest BCUT2D eigenvalue weighted by Gasteiger charge is -2.32. The summed E-state index contributed by atoms with van der Waals surface area (Å²) in [6.07, 6.45) is 3.55. The van der Waals surface area contributed by atoms with Crippen molar-refractivity contribution < 1.29 is 19.1 Å². The summed E-state index contributed by atoms with van der Waals surface area (Å²) in [7, 11) is 3.31. The van der Waals surface area contributed by atoms with Crippen LogP contribution in [0.4, 0.5) is 0 Å². The second-order valence-electron chi connectivity index (χ2n) is 7.42. The molecular formula is C20H27N3O4. The zero-order valence-corrected chi connectivity index (χ0v) is 15.9. The van der Waals surface area contributed by atoms with Crippen LogP contribution in [0.2, 0.25) is 0 Å². The summed E-state index contributed by atoms with van der Waals surface area (Å²) in [4.78, 5) is 39.9. The number of amides is 3. The predicted molar refractivity (Wildman–Crippen MR) is 100 cm³/mol. The van der Waals surface area contributed by atoms with Gasteiger partial charge in [-0.3, -0.25) is 14.4 Å². The van der Waals surface area contributed by atoms with Gasteiger partial charge in [0.15, 0.2) is 6.61 Å². The van der Waals surface area contributed by atoms with E-state index < -0.39 is 0 Å². The minimum atomic E-state index is -0.213. The van der Waals surface area contributed by atoms with Gasteiger partial charge in [0.2, 0.25) is 5.91 Å². The number of nitrogens with one attached hydrogen (secondary N) is 1. The van der Waals surface area contributed by atoms with Crippen LogP contribution in [-0.4, -0.2) is 67.4 Å². The molecule has 1 saturated carbocycles. The van der Waals surface area contributed by atoms with Crippen LogP contribution in [0.5, 0.6) is 5.75 Å². The van der Waals surface area contributed by atoms with E-state index in [0.29, 0.717) is 24.4 Å². The summed E-state index contributed by atoms with van der Waals surface area (Å²) in [5.41, 5.74) is 0.417. The number of benzene rings is 1. The van der Waals surface area contributed by atoms with Crippen molar-refractivity contribution in [1.82, 2.24) is 15.1 Å². The Bertz CT molecular complexity index is 707. The lowest BCUT2D eigenvalue weighted by Crippen LogP contribution is -2.47. The molecule has 1 heterocycles. The van der Waals surface area contributed by atoms with Gasteiger partial charge in [-0.05, 0) is 37.8 Å². The van der Waals surface area contributed by atoms with E-state index in [1.165, 1.54) is 4.90 Å². The molecule has 0 aromatic heterocycles. The highest BCUT2D eigenvalue weighted by molar-refractivity contribution is 5.97. The van der Waals surface area contributed by atoms with Gasteiger partial charge in [0, 0.05) is 39.1 Å². The molecule has 3 amide bonds. The average molecular weight is 373 g/mol. The molecular weight excluding hydrogens is 346 g/mol. The van der Waals surface area contributed by atoms with Crippen LogP contribution in [0.3, 0.4) is 0 Å². The summed E-state index contributed by atoms with van der Waals surface area (Å²) in [5.74, 6) is 0.522. The van der Waals surface area contributed by atoms with E-state index in [-0.39, 0.29) is 36.3 Å². The molecule has 0 atom stereocenters. The maximum atomic E-state index is 12.7. The molecule has 146 valence electrons. The fourth-order valence-electron chi connectivity index (χ4n) is 3.14. The van der Waals surface area contributed by atoms with Crippen LogP contribution < -0.4 is 10.1 Å². The number of hydrogen-bond donors (Lipinski definition) is 1. The van der Waals surface area contributed by atoms with Crippen LogP contribution in [0.15, 0.2) is 24.3 Å². The fraction of sp³-hybridized carbons (Fsp3) is 0.550. The predicted octanol–water partition coefficient (Wildman–Crippen LogP) is 1.28. The van der Waals surface area contributed by atoms with Crippen LogP contribution in [0.1, 0.15) is 36.0 Å². The van der Waals surface area contributed by atoms with E-state index in [4.69, 9.17) is 4.74 Å². The van der Waals surface area contributed by atoms with Gasteiger partial charge >= 0.3 is 0 Å². The molecule has 1 aromatic carbocycles. The lowest BCUT2D eigenvalue weighted by atomic mass is 10.0. The van der Waals surface area contributed by atoms with Gasteiger partial charge in [0.25, 0.3) is 11.8 Å². The zero-order valence-electron chi connectivity index (χ0n) is 15.9. The van der Waals surface area contributed by atoms with Crippen LogP contribution in [0.25, 0.3) is 0 Å². The van der Waals surface area contributed by atoms with Gasteiger partial charge in [0.05, 0.1) is 5.56 Å². The monoisotopic (exact) mass is 373 g/mol. The molecule has 27 heavy (non-hydrogen) atoms. The third kappa shape index (κ3) is 4.99. The molecule has 1 aromatic rings. The first-order chi connectivity index (χ1) is 13.0. The van der Waals surface area contributed by atoms with Gasteiger partial charge in [-0.25, -0.2) is 0 Å². The number of carbonyl (C=O) groups is 3. The Balaban J connectivity index is 1.53. The molecule has 1 N–H and O–H groups in total. The SMILES string of the molecule is CN(C)C(=O)COc1ccccc1C(=O)NC1CCN(C(=O)C2CC2)CC1. The minimum Gasteiger partial charge on any atom is -0.483 e. The molecule has 7 nitrogen and oxygen atoms in total. The van der Waals surface area contributed by atoms with Crippen molar-refractivity contribution in [2.45, 2.75) is 31.7 Å². The fourth-order valence-corrected chi connectivity index (χ4v) is 3.14. The van der Waals surface area contributed by atoms with E-state index in [1.807, 2.05) is 4.90 Å². The molecule has 0 unspecified atom stereocenters. The molecule has 1 aliphatic carbocycles. The number of piperidine rings is 1. The molecule has 0 spiro atoms. The Morgan fingerprint density at radius 2 is 1.78 bits per heavy atom. The first-order valence-corrected chi connectivity index (χ1v) is 9.47. The highest BCUT2D eigenvalue weighted by Crippen LogP contribution is 2.32. The first-order valence-electron chi connectivity index (χ1n) is 9.47. The molecule has 2 aliphatic rings. The molecule has 1 aliphatic heterocycles. The summed E-state index contributed by atoms with van der Waals surface area (Å²) in [5, 5.41) is 3.04. The second-order valence-corrected chi connectivity index (χ2v) is 7.42. The number of para-hydroxylation sites is 1. The number of ether oxygens (including phenoxy) is 1. The van der Waals surface area contributed by atoms with Crippen molar-refractivity contribution in [3.8, 4) is 5.75 Å². The lowest BCUT2D eigenvalue weighted by molar-refractivity contribution is -0.133. The third-order valence-corrected chi connectivity index (χ3v) is 5.05. The van der Waals surface area contributed by atoms with Crippen molar-refractivity contribution in [2.75, 3.05) is 33.8 Å². The van der Waals surface area contributed by atoms with E-state index in [1.54, 1.807) is 38.4 Å². The van der Waals surface area contributed by atoms with Crippen molar-refractivity contribution >= 4 is 17.7 Å². The van der Waals surface area contributed by atoms with E-state index >= 15 is 0 Å². The average Bonchev–Trinajstić information content (AvgIpc) is 3.51. The Hall–Kier alpha value is -2.57. The van der Waals surface area contributed by atoms with E-state index in [0.717, 1.165) is 25.7 Å². The number of nitrogens with zero attached hydrogens (tertiary/aromatic N) is 2. The summed E-state index contributed by atoms with van der Waals surface area (Å²) in [6.45, 7) is 1.27. The standard InChI is InChI=1S/C20H27N3O4/c1-22(2)18(24)13-27-17-6-4-3-5-16(17)19(25)21-15-9-11-23(12-10-15)20(26)14-7-8-14/h3-6,14-15H,7-13H2,1-2H3,(H,21,25). The Morgan fingerprint density at radius 3 is 2.41 bits per heavy atom. The number of rotatable bonds is 6. The van der Waals surface area contributed by atoms with Crippen molar-refractivity contribution in [1.29, 1.82) is 0 Å². The minimum absolute atomic E-state index is 0.0391. The number of hydrogen-bond acceptors (Lipinski definition) is 4. The van der Waals surface area contributed by atoms with Crippen molar-refractivity contribution in [3.05, 3.63) is 29.8 Å². The van der Waals surface area contributed by atoms with Crippen LogP contribution in [0, 0.1) is 5.92 Å². The number of likely N-dealkylation sites (N-methyl/N-ethyl adjacent to an activating group) is 1. The van der Waals surface area contributed by atoms with Crippen LogP contribution >= 0.6 is 0 Å². The van der Waals surface area contributed by atoms with Gasteiger partial charge in [-0.15, -0.1) is 0 Å². The van der Waals surface area contributed by atoms with Gasteiger partial charge in [0.1, 0.15) is 5.75 Å². The van der Waals surface area contributed by atoms with Crippen molar-refractivity contribution in [2.24, 2.45) is 5.92 Å². The van der Waals surface area contributed by atoms with Gasteiger partial charge in [-0.1, -0.05) is 12.1 Å². The quantitative estimate of drug-likeness (QED) is 0.815. The highest BCUT2D eigenvalue weighted by atomic mass is 16.5. The summed E-state index contributed by atoms with van der Waals surface area (Å²) in [6, 6.07) is 6.96. The summed E-state index contributed by atoms with van der Waals surface area (Å²) >= 11 is 0. The molecule has 0 radical (unpaired) electrons. The molecule has 1 saturated heterocycles. The van der Waals surface area contributed by atoms with Gasteiger partial charge < -0.3 is 19.9 Å². The number of carbonyl (C=O) groups excluding carboxylic acids is 3. The van der Waals surface area contributed by atoms with E-state index in [2.05, 4.69) is 5.32 Å². The van der Waals surface area contributed by atoms with E-state index in [9.17, 15) is 14.4 Å². The largest absolute Gasteiger partial charge is 0.483 e. The molecule has 0 bridgehead atoms. The van der Waals surface area contributed by atoms with Gasteiger partial charge in [-0.2, -0.15) is 0 Å². The Labute approximate surface area is 159 Å². The highest BCUT2D eigenvalue weighted by Gasteiger charge is 2.35. The second kappa shape index (κ2) is 8.41. The van der Waals surface area contributed by atoms with Crippen molar-refractivity contribution in [3.63, 3.8) is 0 Å². The Morgan fingerprint density at radius 1 is 1.11 bits per heavy atom. The maximum Gasteiger partial charge on any atom is 0.259 e. The zero-order chi connectivity index (χ0) is 19.4. The summed E-state index contributed by atoms with van der Waals surface area (Å²) < 4.78 is 5.55. The normalized spacial score (nSPS) is 17.3. The molecule has 3 rings (SSSR count). The Kier molecular flexibility index (Phi) is 5.98. The topological polar surface area (TPSA) is 79.0 Å².